The summed E-state index contributed by atoms with van der Waals surface area (Å²) in [5, 5.41) is 2.98. The molecule has 0 radical (unpaired) electrons. The first-order valence-electron chi connectivity index (χ1n) is 6.89. The predicted octanol–water partition coefficient (Wildman–Crippen LogP) is 2.73. The molecule has 0 aliphatic heterocycles. The second kappa shape index (κ2) is 6.71. The highest BCUT2D eigenvalue weighted by Gasteiger charge is 2.16. The normalized spacial score (nSPS) is 13.1. The third-order valence-corrected chi connectivity index (χ3v) is 3.07. The van der Waals surface area contributed by atoms with Gasteiger partial charge in [0.25, 0.3) is 0 Å². The van der Waals surface area contributed by atoms with Gasteiger partial charge in [0.1, 0.15) is 0 Å². The van der Waals surface area contributed by atoms with Gasteiger partial charge >= 0.3 is 0 Å². The molecule has 1 aromatic carbocycles. The summed E-state index contributed by atoms with van der Waals surface area (Å²) < 4.78 is 0. The highest BCUT2D eigenvalue weighted by molar-refractivity contribution is 5.76. The van der Waals surface area contributed by atoms with Crippen LogP contribution in [0.2, 0.25) is 0 Å². The summed E-state index contributed by atoms with van der Waals surface area (Å²) in [6.07, 6.45) is 1.31. The van der Waals surface area contributed by atoms with Crippen LogP contribution in [0, 0.1) is 6.92 Å². The fourth-order valence-electron chi connectivity index (χ4n) is 2.05. The number of nitrogens with one attached hydrogen (secondary N) is 1. The van der Waals surface area contributed by atoms with E-state index in [4.69, 9.17) is 5.73 Å². The number of hydrogen-bond acceptors (Lipinski definition) is 2. The molecule has 1 rings (SSSR count). The van der Waals surface area contributed by atoms with E-state index >= 15 is 0 Å². The molecule has 1 unspecified atom stereocenters. The molecule has 106 valence electrons. The van der Waals surface area contributed by atoms with Crippen molar-refractivity contribution in [1.82, 2.24) is 5.32 Å². The lowest BCUT2D eigenvalue weighted by Gasteiger charge is -2.21. The van der Waals surface area contributed by atoms with E-state index in [-0.39, 0.29) is 17.4 Å². The van der Waals surface area contributed by atoms with Gasteiger partial charge in [0, 0.05) is 12.0 Å². The van der Waals surface area contributed by atoms with Gasteiger partial charge in [0.05, 0.1) is 0 Å². The summed E-state index contributed by atoms with van der Waals surface area (Å²) in [4.78, 5) is 11.8. The van der Waals surface area contributed by atoms with Crippen molar-refractivity contribution in [3.05, 3.63) is 35.4 Å². The number of rotatable bonds is 5. The maximum absolute atomic E-state index is 11.8. The van der Waals surface area contributed by atoms with E-state index < -0.39 is 0 Å². The molecular formula is C16H26N2O. The molecule has 1 aromatic rings. The highest BCUT2D eigenvalue weighted by Crippen LogP contribution is 2.20. The SMILES string of the molecule is Cc1ccc(C(CN)CCC(=O)NC(C)(C)C)cc1. The molecule has 1 amide bonds. The zero-order valence-electron chi connectivity index (χ0n) is 12.5. The standard InChI is InChI=1S/C16H26N2O/c1-12-5-7-13(8-6-12)14(11-17)9-10-15(19)18-16(2,3)4/h5-8,14H,9-11,17H2,1-4H3,(H,18,19). The quantitative estimate of drug-likeness (QED) is 0.857. The van der Waals surface area contributed by atoms with Crippen LogP contribution in [0.15, 0.2) is 24.3 Å². The first kappa shape index (κ1) is 15.7. The Morgan fingerprint density at radius 3 is 2.32 bits per heavy atom. The molecular weight excluding hydrogens is 236 g/mol. The molecule has 3 nitrogen and oxygen atoms in total. The van der Waals surface area contributed by atoms with Crippen molar-refractivity contribution in [1.29, 1.82) is 0 Å². The number of aryl methyl sites for hydroxylation is 1. The Morgan fingerprint density at radius 2 is 1.84 bits per heavy atom. The minimum absolute atomic E-state index is 0.0954. The van der Waals surface area contributed by atoms with Crippen molar-refractivity contribution in [3.8, 4) is 0 Å². The van der Waals surface area contributed by atoms with E-state index in [0.29, 0.717) is 13.0 Å². The van der Waals surface area contributed by atoms with Crippen LogP contribution in [0.5, 0.6) is 0 Å². The van der Waals surface area contributed by atoms with Crippen molar-refractivity contribution in [2.75, 3.05) is 6.54 Å². The van der Waals surface area contributed by atoms with Crippen LogP contribution in [0.3, 0.4) is 0 Å². The first-order valence-corrected chi connectivity index (χ1v) is 6.89. The number of amides is 1. The third-order valence-electron chi connectivity index (χ3n) is 3.07. The Hall–Kier alpha value is -1.35. The van der Waals surface area contributed by atoms with Crippen molar-refractivity contribution < 1.29 is 4.79 Å². The summed E-state index contributed by atoms with van der Waals surface area (Å²) in [6.45, 7) is 8.62. The van der Waals surface area contributed by atoms with Crippen LogP contribution >= 0.6 is 0 Å². The average molecular weight is 262 g/mol. The number of carbonyl (C=O) groups excluding carboxylic acids is 1. The molecule has 0 aromatic heterocycles. The van der Waals surface area contributed by atoms with Crippen molar-refractivity contribution in [2.24, 2.45) is 5.73 Å². The third kappa shape index (κ3) is 5.88. The summed E-state index contributed by atoms with van der Waals surface area (Å²) in [7, 11) is 0. The van der Waals surface area contributed by atoms with Crippen LogP contribution in [0.25, 0.3) is 0 Å². The molecule has 3 heteroatoms. The second-order valence-corrected chi connectivity index (χ2v) is 6.18. The highest BCUT2D eigenvalue weighted by atomic mass is 16.1. The van der Waals surface area contributed by atoms with Crippen LogP contribution in [0.4, 0.5) is 0 Å². The summed E-state index contributed by atoms with van der Waals surface area (Å²) in [5.74, 6) is 0.351. The number of nitrogens with two attached hydrogens (primary N) is 1. The molecule has 0 saturated carbocycles. The fourth-order valence-corrected chi connectivity index (χ4v) is 2.05. The van der Waals surface area contributed by atoms with Crippen LogP contribution < -0.4 is 11.1 Å². The Balaban J connectivity index is 2.54. The van der Waals surface area contributed by atoms with Gasteiger partial charge in [-0.25, -0.2) is 0 Å². The van der Waals surface area contributed by atoms with Crippen molar-refractivity contribution in [3.63, 3.8) is 0 Å². The van der Waals surface area contributed by atoms with Gasteiger partial charge in [-0.2, -0.15) is 0 Å². The summed E-state index contributed by atoms with van der Waals surface area (Å²) >= 11 is 0. The average Bonchev–Trinajstić information content (AvgIpc) is 2.29. The van der Waals surface area contributed by atoms with E-state index in [2.05, 4.69) is 36.5 Å². The zero-order valence-corrected chi connectivity index (χ0v) is 12.5. The van der Waals surface area contributed by atoms with Gasteiger partial charge in [0.15, 0.2) is 0 Å². The summed E-state index contributed by atoms with van der Waals surface area (Å²) in [6, 6.07) is 8.39. The Bertz CT molecular complexity index is 404. The molecule has 0 heterocycles. The number of carbonyl (C=O) groups is 1. The van der Waals surface area contributed by atoms with E-state index in [9.17, 15) is 4.79 Å². The summed E-state index contributed by atoms with van der Waals surface area (Å²) in [5.41, 5.74) is 8.12. The zero-order chi connectivity index (χ0) is 14.5. The molecule has 19 heavy (non-hydrogen) atoms. The van der Waals surface area contributed by atoms with Gasteiger partial charge in [0.2, 0.25) is 5.91 Å². The van der Waals surface area contributed by atoms with Crippen LogP contribution in [0.1, 0.15) is 50.7 Å². The number of benzene rings is 1. The van der Waals surface area contributed by atoms with E-state index in [1.165, 1.54) is 11.1 Å². The van der Waals surface area contributed by atoms with Gasteiger partial charge in [-0.1, -0.05) is 29.8 Å². The lowest BCUT2D eigenvalue weighted by atomic mass is 9.93. The monoisotopic (exact) mass is 262 g/mol. The minimum atomic E-state index is -0.168. The Morgan fingerprint density at radius 1 is 1.26 bits per heavy atom. The molecule has 0 spiro atoms. The topological polar surface area (TPSA) is 55.1 Å². The predicted molar refractivity (Wildman–Crippen MR) is 80.1 cm³/mol. The molecule has 1 atom stereocenters. The maximum Gasteiger partial charge on any atom is 0.220 e. The lowest BCUT2D eigenvalue weighted by molar-refractivity contribution is -0.122. The minimum Gasteiger partial charge on any atom is -0.352 e. The van der Waals surface area contributed by atoms with Gasteiger partial charge < -0.3 is 11.1 Å². The Labute approximate surface area is 116 Å². The molecule has 0 fully saturated rings. The first-order chi connectivity index (χ1) is 8.81. The molecule has 0 aliphatic carbocycles. The van der Waals surface area contributed by atoms with Crippen LogP contribution in [-0.4, -0.2) is 18.0 Å². The second-order valence-electron chi connectivity index (χ2n) is 6.18. The van der Waals surface area contributed by atoms with Crippen molar-refractivity contribution in [2.45, 2.75) is 52.0 Å². The van der Waals surface area contributed by atoms with E-state index in [1.807, 2.05) is 20.8 Å². The molecule has 3 N–H and O–H groups in total. The molecule has 0 saturated heterocycles. The maximum atomic E-state index is 11.8. The van der Waals surface area contributed by atoms with Crippen LogP contribution in [-0.2, 0) is 4.79 Å². The van der Waals surface area contributed by atoms with Crippen molar-refractivity contribution >= 4 is 5.91 Å². The number of hydrogen-bond donors (Lipinski definition) is 2. The van der Waals surface area contributed by atoms with Gasteiger partial charge in [-0.05, 0) is 52.1 Å². The smallest absolute Gasteiger partial charge is 0.220 e. The van der Waals surface area contributed by atoms with Gasteiger partial charge in [-0.15, -0.1) is 0 Å². The largest absolute Gasteiger partial charge is 0.352 e. The fraction of sp³-hybridized carbons (Fsp3) is 0.562. The molecule has 0 aliphatic rings. The lowest BCUT2D eigenvalue weighted by Crippen LogP contribution is -2.40. The molecule has 0 bridgehead atoms. The van der Waals surface area contributed by atoms with Gasteiger partial charge in [-0.3, -0.25) is 4.79 Å². The van der Waals surface area contributed by atoms with E-state index in [0.717, 1.165) is 6.42 Å². The Kier molecular flexibility index (Phi) is 5.55. The van der Waals surface area contributed by atoms with E-state index in [1.54, 1.807) is 0 Å².